The zero-order valence-corrected chi connectivity index (χ0v) is 12.4. The van der Waals surface area contributed by atoms with E-state index in [0.717, 1.165) is 15.6 Å². The van der Waals surface area contributed by atoms with E-state index in [2.05, 4.69) is 15.9 Å². The largest absolute Gasteiger partial charge is 0.453 e. The molecular formula is C15H15BrFNO. The Morgan fingerprint density at radius 1 is 1.16 bits per heavy atom. The Morgan fingerprint density at radius 2 is 1.84 bits per heavy atom. The van der Waals surface area contributed by atoms with E-state index in [1.165, 1.54) is 6.07 Å². The summed E-state index contributed by atoms with van der Waals surface area (Å²) < 4.78 is 20.3. The number of hydrogen-bond acceptors (Lipinski definition) is 2. The molecule has 0 bridgehead atoms. The van der Waals surface area contributed by atoms with Crippen LogP contribution in [0.25, 0.3) is 0 Å². The van der Waals surface area contributed by atoms with Crippen molar-refractivity contribution in [3.05, 3.63) is 57.8 Å². The molecule has 100 valence electrons. The third kappa shape index (κ3) is 3.33. The minimum Gasteiger partial charge on any atom is -0.453 e. The third-order valence-electron chi connectivity index (χ3n) is 2.79. The number of rotatable bonds is 3. The molecule has 0 amide bonds. The number of halogens is 2. The number of aryl methyl sites for hydroxylation is 1. The maximum absolute atomic E-state index is 13.9. The van der Waals surface area contributed by atoms with Gasteiger partial charge in [0.15, 0.2) is 11.6 Å². The van der Waals surface area contributed by atoms with Crippen LogP contribution >= 0.6 is 15.9 Å². The summed E-state index contributed by atoms with van der Waals surface area (Å²) in [5.41, 5.74) is 7.56. The molecule has 0 radical (unpaired) electrons. The van der Waals surface area contributed by atoms with E-state index in [1.807, 2.05) is 26.0 Å². The number of ether oxygens (including phenoxy) is 1. The molecule has 0 heterocycles. The van der Waals surface area contributed by atoms with Gasteiger partial charge in [0.1, 0.15) is 5.75 Å². The minimum absolute atomic E-state index is 0.189. The molecule has 4 heteroatoms. The lowest BCUT2D eigenvalue weighted by atomic mass is 10.1. The van der Waals surface area contributed by atoms with Gasteiger partial charge in [-0.25, -0.2) is 4.39 Å². The molecule has 0 aliphatic heterocycles. The summed E-state index contributed by atoms with van der Waals surface area (Å²) in [4.78, 5) is 0. The van der Waals surface area contributed by atoms with E-state index in [9.17, 15) is 4.39 Å². The summed E-state index contributed by atoms with van der Waals surface area (Å²) >= 11 is 3.40. The Hall–Kier alpha value is -1.39. The van der Waals surface area contributed by atoms with Gasteiger partial charge in [-0.2, -0.15) is 0 Å². The Balaban J connectivity index is 2.28. The molecule has 2 N–H and O–H groups in total. The highest BCUT2D eigenvalue weighted by molar-refractivity contribution is 9.10. The second-order valence-corrected chi connectivity index (χ2v) is 5.37. The van der Waals surface area contributed by atoms with Gasteiger partial charge in [0.05, 0.1) is 4.47 Å². The molecule has 0 spiro atoms. The zero-order chi connectivity index (χ0) is 14.0. The average molecular weight is 324 g/mol. The van der Waals surface area contributed by atoms with Gasteiger partial charge in [-0.15, -0.1) is 0 Å². The minimum atomic E-state index is -0.415. The topological polar surface area (TPSA) is 35.2 Å². The van der Waals surface area contributed by atoms with E-state index < -0.39 is 5.82 Å². The lowest BCUT2D eigenvalue weighted by Gasteiger charge is -2.11. The Morgan fingerprint density at radius 3 is 2.42 bits per heavy atom. The highest BCUT2D eigenvalue weighted by Crippen LogP contribution is 2.32. The second-order valence-electron chi connectivity index (χ2n) is 4.51. The van der Waals surface area contributed by atoms with Crippen molar-refractivity contribution in [3.8, 4) is 11.5 Å². The Labute approximate surface area is 120 Å². The summed E-state index contributed by atoms with van der Waals surface area (Å²) in [6, 6.07) is 10.2. The molecule has 2 aromatic carbocycles. The van der Waals surface area contributed by atoms with Gasteiger partial charge >= 0.3 is 0 Å². The fourth-order valence-corrected chi connectivity index (χ4v) is 2.26. The lowest BCUT2D eigenvalue weighted by molar-refractivity contribution is 0.439. The molecule has 0 saturated carbocycles. The van der Waals surface area contributed by atoms with Crippen molar-refractivity contribution in [2.24, 2.45) is 5.73 Å². The first-order chi connectivity index (χ1) is 8.97. The van der Waals surface area contributed by atoms with Crippen LogP contribution in [-0.2, 0) is 0 Å². The van der Waals surface area contributed by atoms with Gasteiger partial charge in [-0.3, -0.25) is 0 Å². The molecule has 2 nitrogen and oxygen atoms in total. The fraction of sp³-hybridized carbons (Fsp3) is 0.200. The third-order valence-corrected chi connectivity index (χ3v) is 3.41. The highest BCUT2D eigenvalue weighted by Gasteiger charge is 2.10. The predicted octanol–water partition coefficient (Wildman–Crippen LogP) is 4.71. The smallest absolute Gasteiger partial charge is 0.166 e. The monoisotopic (exact) mass is 323 g/mol. The Bertz CT molecular complexity index is 599. The van der Waals surface area contributed by atoms with Crippen molar-refractivity contribution >= 4 is 15.9 Å². The van der Waals surface area contributed by atoms with Crippen LogP contribution in [-0.4, -0.2) is 0 Å². The summed E-state index contributed by atoms with van der Waals surface area (Å²) in [5.74, 6) is 0.356. The SMILES string of the molecule is Cc1ccc(Oc2ccc(C(C)N)cc2F)c(Br)c1. The van der Waals surface area contributed by atoms with E-state index in [-0.39, 0.29) is 11.8 Å². The van der Waals surface area contributed by atoms with Crippen molar-refractivity contribution in [3.63, 3.8) is 0 Å². The maximum Gasteiger partial charge on any atom is 0.166 e. The fourth-order valence-electron chi connectivity index (χ4n) is 1.69. The molecule has 0 fully saturated rings. The second kappa shape index (κ2) is 5.72. The van der Waals surface area contributed by atoms with E-state index in [4.69, 9.17) is 10.5 Å². The molecule has 0 aromatic heterocycles. The number of nitrogens with two attached hydrogens (primary N) is 1. The first-order valence-electron chi connectivity index (χ1n) is 5.96. The van der Waals surface area contributed by atoms with Crippen LogP contribution in [0.15, 0.2) is 40.9 Å². The van der Waals surface area contributed by atoms with Crippen molar-refractivity contribution < 1.29 is 9.13 Å². The first-order valence-corrected chi connectivity index (χ1v) is 6.75. The molecule has 0 aliphatic carbocycles. The van der Waals surface area contributed by atoms with Crippen molar-refractivity contribution in [2.75, 3.05) is 0 Å². The normalized spacial score (nSPS) is 12.3. The zero-order valence-electron chi connectivity index (χ0n) is 10.8. The van der Waals surface area contributed by atoms with E-state index >= 15 is 0 Å². The summed E-state index contributed by atoms with van der Waals surface area (Å²) in [6.45, 7) is 3.79. The predicted molar refractivity (Wildman–Crippen MR) is 78.0 cm³/mol. The van der Waals surface area contributed by atoms with Crippen LogP contribution in [0.5, 0.6) is 11.5 Å². The molecular weight excluding hydrogens is 309 g/mol. The van der Waals surface area contributed by atoms with Crippen LogP contribution in [0.3, 0.4) is 0 Å². The standard InChI is InChI=1S/C15H15BrFNO/c1-9-3-5-14(12(16)7-9)19-15-6-4-11(10(2)18)8-13(15)17/h3-8,10H,18H2,1-2H3. The maximum atomic E-state index is 13.9. The Kier molecular flexibility index (Phi) is 4.22. The van der Waals surface area contributed by atoms with Crippen molar-refractivity contribution in [2.45, 2.75) is 19.9 Å². The van der Waals surface area contributed by atoms with E-state index in [0.29, 0.717) is 5.75 Å². The molecule has 2 rings (SSSR count). The lowest BCUT2D eigenvalue weighted by Crippen LogP contribution is -2.05. The van der Waals surface area contributed by atoms with Gasteiger partial charge in [-0.05, 0) is 65.2 Å². The van der Waals surface area contributed by atoms with Crippen molar-refractivity contribution in [1.82, 2.24) is 0 Å². The summed E-state index contributed by atoms with van der Waals surface area (Å²) in [7, 11) is 0. The van der Waals surface area contributed by atoms with Crippen LogP contribution in [0, 0.1) is 12.7 Å². The van der Waals surface area contributed by atoms with Gasteiger partial charge < -0.3 is 10.5 Å². The van der Waals surface area contributed by atoms with Gasteiger partial charge in [0.25, 0.3) is 0 Å². The summed E-state index contributed by atoms with van der Waals surface area (Å²) in [6.07, 6.45) is 0. The highest BCUT2D eigenvalue weighted by atomic mass is 79.9. The molecule has 0 saturated heterocycles. The quantitative estimate of drug-likeness (QED) is 0.887. The summed E-state index contributed by atoms with van der Waals surface area (Å²) in [5, 5.41) is 0. The first kappa shape index (κ1) is 14.0. The molecule has 1 atom stereocenters. The molecule has 2 aromatic rings. The number of benzene rings is 2. The molecule has 1 unspecified atom stereocenters. The molecule has 19 heavy (non-hydrogen) atoms. The van der Waals surface area contributed by atoms with Gasteiger partial charge in [-0.1, -0.05) is 12.1 Å². The van der Waals surface area contributed by atoms with Gasteiger partial charge in [0.2, 0.25) is 0 Å². The van der Waals surface area contributed by atoms with Gasteiger partial charge in [0, 0.05) is 6.04 Å². The van der Waals surface area contributed by atoms with Crippen molar-refractivity contribution in [1.29, 1.82) is 0 Å². The molecule has 0 aliphatic rings. The van der Waals surface area contributed by atoms with E-state index in [1.54, 1.807) is 18.2 Å². The van der Waals surface area contributed by atoms with Crippen LogP contribution in [0.4, 0.5) is 4.39 Å². The average Bonchev–Trinajstić information content (AvgIpc) is 2.34. The van der Waals surface area contributed by atoms with Crippen LogP contribution in [0.1, 0.15) is 24.1 Å². The van der Waals surface area contributed by atoms with Crippen LogP contribution in [0.2, 0.25) is 0 Å². The number of hydrogen-bond donors (Lipinski definition) is 1. The van der Waals surface area contributed by atoms with Crippen LogP contribution < -0.4 is 10.5 Å².